The lowest BCUT2D eigenvalue weighted by Gasteiger charge is -2.24. The molecule has 0 saturated carbocycles. The third-order valence-corrected chi connectivity index (χ3v) is 4.12. The predicted octanol–water partition coefficient (Wildman–Crippen LogP) is 2.01. The summed E-state index contributed by atoms with van der Waals surface area (Å²) in [6.45, 7) is 0.349. The number of rotatable bonds is 3. The number of ketones is 1. The third kappa shape index (κ3) is 3.25. The molecule has 0 aliphatic carbocycles. The maximum Gasteiger partial charge on any atom is 0.416 e. The van der Waals surface area contributed by atoms with Gasteiger partial charge in [0.25, 0.3) is 0 Å². The Morgan fingerprint density at radius 3 is 2.76 bits per heavy atom. The molecule has 8 nitrogen and oxygen atoms in total. The summed E-state index contributed by atoms with van der Waals surface area (Å²) in [5, 5.41) is 8.95. The minimum absolute atomic E-state index is 0.0123. The summed E-state index contributed by atoms with van der Waals surface area (Å²) in [5.74, 6) is -0.568. The van der Waals surface area contributed by atoms with Gasteiger partial charge < -0.3 is 14.7 Å². The lowest BCUT2D eigenvalue weighted by atomic mass is 10.1. The van der Waals surface area contributed by atoms with Crippen LogP contribution in [-0.4, -0.2) is 54.3 Å². The number of ether oxygens (including phenoxy) is 1. The molecule has 0 spiro atoms. The zero-order valence-corrected chi connectivity index (χ0v) is 13.4. The fourth-order valence-corrected chi connectivity index (χ4v) is 2.64. The number of amides is 2. The molecule has 9 heteroatoms. The summed E-state index contributed by atoms with van der Waals surface area (Å²) >= 11 is 0. The Labute approximate surface area is 142 Å². The molecule has 2 heterocycles. The Bertz CT molecular complexity index is 766. The second kappa shape index (κ2) is 6.42. The standard InChI is InChI=1S/C16H16FN3O5/c1-18(15(22)23)14-9-20(16(24)25-14)10-2-3-13(12(17)8-10)19-6-4-11(21)5-7-19/h2-4,6,8,14H,5,7,9H2,1H3,(H,22,23)/t14-/m0/s1. The van der Waals surface area contributed by atoms with Gasteiger partial charge in [0.15, 0.2) is 12.0 Å². The summed E-state index contributed by atoms with van der Waals surface area (Å²) < 4.78 is 19.5. The zero-order valence-electron chi connectivity index (χ0n) is 13.4. The molecule has 3 rings (SSSR count). The van der Waals surface area contributed by atoms with Gasteiger partial charge in [0.05, 0.1) is 17.9 Å². The van der Waals surface area contributed by atoms with Crippen molar-refractivity contribution in [2.75, 3.05) is 29.9 Å². The molecule has 0 aromatic heterocycles. The van der Waals surface area contributed by atoms with E-state index in [1.807, 2.05) is 0 Å². The molecule has 1 fully saturated rings. The van der Waals surface area contributed by atoms with E-state index in [9.17, 15) is 18.8 Å². The van der Waals surface area contributed by atoms with Crippen molar-refractivity contribution in [1.82, 2.24) is 4.90 Å². The van der Waals surface area contributed by atoms with Crippen LogP contribution < -0.4 is 9.80 Å². The molecule has 132 valence electrons. The smallest absolute Gasteiger partial charge is 0.416 e. The van der Waals surface area contributed by atoms with Gasteiger partial charge >= 0.3 is 12.2 Å². The van der Waals surface area contributed by atoms with Gasteiger partial charge in [0, 0.05) is 26.2 Å². The number of nitrogens with zero attached hydrogens (tertiary/aromatic N) is 3. The molecule has 0 bridgehead atoms. The van der Waals surface area contributed by atoms with E-state index >= 15 is 0 Å². The van der Waals surface area contributed by atoms with Crippen LogP contribution in [0.5, 0.6) is 0 Å². The normalized spacial score (nSPS) is 20.0. The van der Waals surface area contributed by atoms with Crippen molar-refractivity contribution in [1.29, 1.82) is 0 Å². The van der Waals surface area contributed by atoms with Crippen molar-refractivity contribution in [3.05, 3.63) is 36.3 Å². The number of carboxylic acid groups (broad SMARTS) is 1. The number of carbonyl (C=O) groups is 3. The quantitative estimate of drug-likeness (QED) is 0.898. The molecule has 1 N–H and O–H groups in total. The lowest BCUT2D eigenvalue weighted by Crippen LogP contribution is -2.38. The van der Waals surface area contributed by atoms with E-state index in [1.165, 1.54) is 36.4 Å². The van der Waals surface area contributed by atoms with Crippen LogP contribution in [0, 0.1) is 5.82 Å². The van der Waals surface area contributed by atoms with Crippen molar-refractivity contribution in [2.45, 2.75) is 12.6 Å². The van der Waals surface area contributed by atoms with Gasteiger partial charge in [-0.05, 0) is 24.3 Å². The van der Waals surface area contributed by atoms with E-state index in [0.717, 1.165) is 4.90 Å². The average Bonchev–Trinajstić information content (AvgIpc) is 2.96. The number of carbonyl (C=O) groups excluding carboxylic acids is 2. The van der Waals surface area contributed by atoms with Crippen molar-refractivity contribution in [3.63, 3.8) is 0 Å². The van der Waals surface area contributed by atoms with Gasteiger partial charge in [-0.1, -0.05) is 0 Å². The first-order chi connectivity index (χ1) is 11.9. The molecule has 2 amide bonds. The first-order valence-electron chi connectivity index (χ1n) is 7.58. The van der Waals surface area contributed by atoms with Crippen LogP contribution in [0.2, 0.25) is 0 Å². The minimum atomic E-state index is -1.23. The van der Waals surface area contributed by atoms with E-state index in [1.54, 1.807) is 11.0 Å². The zero-order chi connectivity index (χ0) is 18.1. The van der Waals surface area contributed by atoms with E-state index in [4.69, 9.17) is 9.84 Å². The second-order valence-electron chi connectivity index (χ2n) is 5.70. The van der Waals surface area contributed by atoms with E-state index in [0.29, 0.717) is 18.7 Å². The van der Waals surface area contributed by atoms with Crippen LogP contribution in [-0.2, 0) is 9.53 Å². The molecule has 1 aromatic carbocycles. The average molecular weight is 349 g/mol. The Balaban J connectivity index is 1.79. The Morgan fingerprint density at radius 2 is 2.16 bits per heavy atom. The molecule has 1 aromatic rings. The van der Waals surface area contributed by atoms with E-state index in [-0.39, 0.29) is 18.0 Å². The van der Waals surface area contributed by atoms with E-state index < -0.39 is 24.2 Å². The molecule has 2 aliphatic heterocycles. The van der Waals surface area contributed by atoms with Crippen LogP contribution in [0.25, 0.3) is 0 Å². The first-order valence-corrected chi connectivity index (χ1v) is 7.58. The highest BCUT2D eigenvalue weighted by Crippen LogP contribution is 2.29. The SMILES string of the molecule is CN(C(=O)O)[C@@H]1CN(c2ccc(N3C=CC(=O)CC3)c(F)c2)C(=O)O1. The summed E-state index contributed by atoms with van der Waals surface area (Å²) in [6.07, 6.45) is 0.289. The van der Waals surface area contributed by atoms with Gasteiger partial charge in [-0.25, -0.2) is 14.0 Å². The predicted molar refractivity (Wildman–Crippen MR) is 85.9 cm³/mol. The topological polar surface area (TPSA) is 90.4 Å². The van der Waals surface area contributed by atoms with Gasteiger partial charge in [0.1, 0.15) is 5.82 Å². The number of hydrogen-bond donors (Lipinski definition) is 1. The number of allylic oxidation sites excluding steroid dienone is 1. The molecular weight excluding hydrogens is 333 g/mol. The van der Waals surface area contributed by atoms with Gasteiger partial charge in [0.2, 0.25) is 0 Å². The van der Waals surface area contributed by atoms with Crippen LogP contribution in [0.3, 0.4) is 0 Å². The monoisotopic (exact) mass is 349 g/mol. The maximum absolute atomic E-state index is 14.5. The number of benzene rings is 1. The fourth-order valence-electron chi connectivity index (χ4n) is 2.64. The maximum atomic E-state index is 14.5. The Morgan fingerprint density at radius 1 is 1.40 bits per heavy atom. The number of anilines is 2. The first kappa shape index (κ1) is 16.7. The number of halogens is 1. The van der Waals surface area contributed by atoms with Crippen molar-refractivity contribution in [2.24, 2.45) is 0 Å². The lowest BCUT2D eigenvalue weighted by molar-refractivity contribution is -0.114. The van der Waals surface area contributed by atoms with Crippen LogP contribution in [0.15, 0.2) is 30.5 Å². The number of likely N-dealkylation sites (N-methyl/N-ethyl adjacent to an activating group) is 1. The third-order valence-electron chi connectivity index (χ3n) is 4.12. The van der Waals surface area contributed by atoms with Crippen LogP contribution in [0.1, 0.15) is 6.42 Å². The van der Waals surface area contributed by atoms with Gasteiger partial charge in [-0.3, -0.25) is 14.6 Å². The fraction of sp³-hybridized carbons (Fsp3) is 0.312. The van der Waals surface area contributed by atoms with Crippen molar-refractivity contribution < 1.29 is 28.6 Å². The Hall–Kier alpha value is -3.10. The van der Waals surface area contributed by atoms with Crippen LogP contribution in [0.4, 0.5) is 25.4 Å². The van der Waals surface area contributed by atoms with Crippen LogP contribution >= 0.6 is 0 Å². The summed E-state index contributed by atoms with van der Waals surface area (Å²) in [5.41, 5.74) is 0.559. The molecule has 0 unspecified atom stereocenters. The summed E-state index contributed by atoms with van der Waals surface area (Å²) in [7, 11) is 1.29. The molecule has 1 atom stereocenters. The molecule has 2 aliphatic rings. The number of hydrogen-bond acceptors (Lipinski definition) is 5. The van der Waals surface area contributed by atoms with Gasteiger partial charge in [-0.2, -0.15) is 0 Å². The highest BCUT2D eigenvalue weighted by Gasteiger charge is 2.37. The van der Waals surface area contributed by atoms with Crippen molar-refractivity contribution >= 4 is 29.3 Å². The van der Waals surface area contributed by atoms with E-state index in [2.05, 4.69) is 0 Å². The second-order valence-corrected chi connectivity index (χ2v) is 5.70. The highest BCUT2D eigenvalue weighted by molar-refractivity contribution is 5.92. The minimum Gasteiger partial charge on any atom is -0.465 e. The Kier molecular flexibility index (Phi) is 4.30. The highest BCUT2D eigenvalue weighted by atomic mass is 19.1. The summed E-state index contributed by atoms with van der Waals surface area (Å²) in [6, 6.07) is 4.24. The molecule has 25 heavy (non-hydrogen) atoms. The molecular formula is C16H16FN3O5. The van der Waals surface area contributed by atoms with Gasteiger partial charge in [-0.15, -0.1) is 0 Å². The van der Waals surface area contributed by atoms with Crippen molar-refractivity contribution in [3.8, 4) is 0 Å². The summed E-state index contributed by atoms with van der Waals surface area (Å²) in [4.78, 5) is 37.8. The molecule has 0 radical (unpaired) electrons. The molecule has 1 saturated heterocycles. The largest absolute Gasteiger partial charge is 0.465 e. The number of cyclic esters (lactones) is 1.